The van der Waals surface area contributed by atoms with Crippen molar-refractivity contribution in [2.45, 2.75) is 63.6 Å². The molecule has 2 heterocycles. The lowest BCUT2D eigenvalue weighted by Crippen LogP contribution is -2.40. The highest BCUT2D eigenvalue weighted by Crippen LogP contribution is 2.40. The molecule has 2 atom stereocenters. The van der Waals surface area contributed by atoms with Crippen LogP contribution in [-0.2, 0) is 16.4 Å². The van der Waals surface area contributed by atoms with Crippen molar-refractivity contribution in [2.24, 2.45) is 11.8 Å². The molecule has 0 radical (unpaired) electrons. The number of ether oxygens (including phenoxy) is 1. The van der Waals surface area contributed by atoms with Gasteiger partial charge in [0, 0.05) is 18.5 Å². The Labute approximate surface area is 204 Å². The van der Waals surface area contributed by atoms with Crippen LogP contribution in [0.3, 0.4) is 0 Å². The van der Waals surface area contributed by atoms with Gasteiger partial charge in [0.2, 0.25) is 0 Å². The van der Waals surface area contributed by atoms with Gasteiger partial charge in [-0.1, -0.05) is 32.9 Å². The molecule has 186 valence electrons. The molecule has 7 heteroatoms. The largest absolute Gasteiger partial charge is 0.490 e. The maximum atomic E-state index is 13.8. The Morgan fingerprint density at radius 2 is 1.79 bits per heavy atom. The Morgan fingerprint density at radius 3 is 2.41 bits per heavy atom. The zero-order valence-electron chi connectivity index (χ0n) is 20.8. The predicted octanol–water partition coefficient (Wildman–Crippen LogP) is 4.63. The van der Waals surface area contributed by atoms with Gasteiger partial charge in [0.05, 0.1) is 16.7 Å². The molecule has 2 aliphatic rings. The summed E-state index contributed by atoms with van der Waals surface area (Å²) in [6, 6.07) is 12.7. The third-order valence-corrected chi connectivity index (χ3v) is 8.90. The van der Waals surface area contributed by atoms with Crippen LogP contribution < -0.4 is 9.04 Å². The maximum Gasteiger partial charge on any atom is 0.264 e. The first-order chi connectivity index (χ1) is 16.2. The quantitative estimate of drug-likeness (QED) is 0.618. The number of aliphatic hydroxyl groups excluding tert-OH is 1. The number of hydrogen-bond donors (Lipinski definition) is 1. The lowest BCUT2D eigenvalue weighted by Gasteiger charge is -2.38. The summed E-state index contributed by atoms with van der Waals surface area (Å²) in [4.78, 5) is 2.51. The van der Waals surface area contributed by atoms with Crippen LogP contribution in [0.1, 0.15) is 57.3 Å². The van der Waals surface area contributed by atoms with E-state index in [2.05, 4.69) is 18.9 Å². The van der Waals surface area contributed by atoms with Crippen molar-refractivity contribution in [3.8, 4) is 5.75 Å². The van der Waals surface area contributed by atoms with Crippen LogP contribution >= 0.6 is 0 Å². The van der Waals surface area contributed by atoms with Crippen LogP contribution in [0.5, 0.6) is 5.75 Å². The minimum atomic E-state index is -3.80. The number of rotatable bonds is 7. The van der Waals surface area contributed by atoms with Crippen molar-refractivity contribution in [3.63, 3.8) is 0 Å². The Morgan fingerprint density at radius 1 is 1.12 bits per heavy atom. The summed E-state index contributed by atoms with van der Waals surface area (Å²) in [5, 5.41) is 11.0. The van der Waals surface area contributed by atoms with Gasteiger partial charge in [0.25, 0.3) is 10.0 Å². The van der Waals surface area contributed by atoms with E-state index in [-0.39, 0.29) is 16.9 Å². The van der Waals surface area contributed by atoms with E-state index in [1.165, 1.54) is 9.87 Å². The van der Waals surface area contributed by atoms with E-state index in [1.807, 2.05) is 38.1 Å². The molecule has 1 saturated heterocycles. The van der Waals surface area contributed by atoms with E-state index >= 15 is 0 Å². The fraction of sp³-hybridized carbons (Fsp3) is 0.556. The summed E-state index contributed by atoms with van der Waals surface area (Å²) in [5.74, 6) is 1.17. The highest BCUT2D eigenvalue weighted by molar-refractivity contribution is 7.92. The van der Waals surface area contributed by atoms with Gasteiger partial charge in [0.1, 0.15) is 11.9 Å². The third-order valence-electron chi connectivity index (χ3n) is 7.11. The first kappa shape index (κ1) is 25.0. The number of aliphatic hydroxyl groups is 1. The zero-order chi connectivity index (χ0) is 24.5. The fourth-order valence-electron chi connectivity index (χ4n) is 5.00. The topological polar surface area (TPSA) is 70.1 Å². The minimum absolute atomic E-state index is 0.0341. The van der Waals surface area contributed by atoms with E-state index in [4.69, 9.17) is 4.74 Å². The average Bonchev–Trinajstić information content (AvgIpc) is 2.82. The lowest BCUT2D eigenvalue weighted by atomic mass is 9.85. The lowest BCUT2D eigenvalue weighted by molar-refractivity contribution is 0.0155. The number of hydrogen-bond acceptors (Lipinski definition) is 5. The van der Waals surface area contributed by atoms with Gasteiger partial charge < -0.3 is 14.7 Å². The van der Waals surface area contributed by atoms with Gasteiger partial charge in [-0.05, 0) is 87.1 Å². The van der Waals surface area contributed by atoms with Gasteiger partial charge in [-0.15, -0.1) is 0 Å². The molecule has 0 spiro atoms. The highest BCUT2D eigenvalue weighted by Gasteiger charge is 2.35. The van der Waals surface area contributed by atoms with Crippen molar-refractivity contribution < 1.29 is 18.3 Å². The van der Waals surface area contributed by atoms with E-state index < -0.39 is 16.1 Å². The molecule has 0 aliphatic carbocycles. The summed E-state index contributed by atoms with van der Waals surface area (Å²) in [6.45, 7) is 8.55. The van der Waals surface area contributed by atoms with Crippen LogP contribution in [0, 0.1) is 11.8 Å². The molecule has 6 nitrogen and oxygen atoms in total. The third kappa shape index (κ3) is 5.26. The molecule has 34 heavy (non-hydrogen) atoms. The molecule has 0 saturated carbocycles. The van der Waals surface area contributed by atoms with Crippen molar-refractivity contribution in [3.05, 3.63) is 53.6 Å². The molecule has 4 rings (SSSR count). The van der Waals surface area contributed by atoms with Crippen LogP contribution in [-0.4, -0.2) is 51.2 Å². The summed E-state index contributed by atoms with van der Waals surface area (Å²) >= 11 is 0. The number of anilines is 1. The molecule has 2 aromatic carbocycles. The molecule has 2 aliphatic heterocycles. The summed E-state index contributed by atoms with van der Waals surface area (Å²) in [6.07, 6.45) is 2.74. The minimum Gasteiger partial charge on any atom is -0.490 e. The molecular formula is C27H38N2O4S. The van der Waals surface area contributed by atoms with Crippen LogP contribution in [0.15, 0.2) is 47.4 Å². The van der Waals surface area contributed by atoms with Gasteiger partial charge in [-0.2, -0.15) is 0 Å². The molecular weight excluding hydrogens is 448 g/mol. The van der Waals surface area contributed by atoms with Crippen LogP contribution in [0.4, 0.5) is 5.69 Å². The van der Waals surface area contributed by atoms with Crippen LogP contribution in [0.2, 0.25) is 0 Å². The second kappa shape index (κ2) is 10.3. The number of benzene rings is 2. The molecule has 2 aromatic rings. The van der Waals surface area contributed by atoms with Gasteiger partial charge in [-0.3, -0.25) is 4.31 Å². The Hall–Kier alpha value is -2.09. The van der Waals surface area contributed by atoms with Crippen LogP contribution in [0.25, 0.3) is 0 Å². The second-order valence-electron chi connectivity index (χ2n) is 10.2. The number of fused-ring (bicyclic) bond motifs is 1. The Balaban J connectivity index is 1.61. The predicted molar refractivity (Wildman–Crippen MR) is 136 cm³/mol. The summed E-state index contributed by atoms with van der Waals surface area (Å²) in [5.41, 5.74) is 2.39. The van der Waals surface area contributed by atoms with E-state index in [0.717, 1.165) is 32.4 Å². The molecule has 1 N–H and O–H groups in total. The maximum absolute atomic E-state index is 13.8. The standard InChI is InChI=1S/C27H38N2O4S/c1-5-20-6-8-22(9-7-20)29(18-19(2)3)34(31,32)23-10-11-26-24(16-23)25(30)17-27(33-26)21-12-14-28(4)15-13-21/h6-11,16,19,21,25,27,30H,5,12-15,17-18H2,1-4H3. The van der Waals surface area contributed by atoms with Gasteiger partial charge >= 0.3 is 0 Å². The fourth-order valence-corrected chi connectivity index (χ4v) is 6.67. The normalized spacial score (nSPS) is 21.8. The van der Waals surface area contributed by atoms with Crippen molar-refractivity contribution in [1.29, 1.82) is 0 Å². The Bertz CT molecular complexity index is 1080. The molecule has 0 aromatic heterocycles. The zero-order valence-corrected chi connectivity index (χ0v) is 21.6. The molecule has 0 amide bonds. The van der Waals surface area contributed by atoms with E-state index in [1.54, 1.807) is 18.2 Å². The monoisotopic (exact) mass is 486 g/mol. The second-order valence-corrected chi connectivity index (χ2v) is 12.1. The first-order valence-corrected chi connectivity index (χ1v) is 13.9. The Kier molecular flexibility index (Phi) is 7.55. The van der Waals surface area contributed by atoms with E-state index in [9.17, 15) is 13.5 Å². The average molecular weight is 487 g/mol. The molecule has 1 fully saturated rings. The van der Waals surface area contributed by atoms with Gasteiger partial charge in [0.15, 0.2) is 0 Å². The van der Waals surface area contributed by atoms with Gasteiger partial charge in [-0.25, -0.2) is 8.42 Å². The summed E-state index contributed by atoms with van der Waals surface area (Å²) < 4.78 is 35.3. The molecule has 2 unspecified atom stereocenters. The SMILES string of the molecule is CCc1ccc(N(CC(C)C)S(=O)(=O)c2ccc3c(c2)C(O)CC(C2CCN(C)CC2)O3)cc1. The van der Waals surface area contributed by atoms with Crippen molar-refractivity contribution in [2.75, 3.05) is 31.0 Å². The van der Waals surface area contributed by atoms with Crippen molar-refractivity contribution >= 4 is 15.7 Å². The van der Waals surface area contributed by atoms with E-state index in [0.29, 0.717) is 35.9 Å². The number of nitrogens with zero attached hydrogens (tertiary/aromatic N) is 2. The number of likely N-dealkylation sites (tertiary alicyclic amines) is 1. The highest BCUT2D eigenvalue weighted by atomic mass is 32.2. The first-order valence-electron chi connectivity index (χ1n) is 12.5. The number of sulfonamides is 1. The number of aryl methyl sites for hydroxylation is 1. The number of piperidine rings is 1. The van der Waals surface area contributed by atoms with Crippen molar-refractivity contribution in [1.82, 2.24) is 4.90 Å². The molecule has 0 bridgehead atoms. The summed E-state index contributed by atoms with van der Waals surface area (Å²) in [7, 11) is -1.67. The smallest absolute Gasteiger partial charge is 0.264 e.